The fourth-order valence-electron chi connectivity index (χ4n) is 5.87. The fourth-order valence-corrected chi connectivity index (χ4v) is 5.87. The van der Waals surface area contributed by atoms with Crippen molar-refractivity contribution in [3.8, 4) is 0 Å². The van der Waals surface area contributed by atoms with Crippen LogP contribution in [-0.4, -0.2) is 37.5 Å². The van der Waals surface area contributed by atoms with Crippen LogP contribution < -0.4 is 5.73 Å². The maximum Gasteiger partial charge on any atom is 0.163 e. The molecule has 34 heavy (non-hydrogen) atoms. The monoisotopic (exact) mass is 457 g/mol. The van der Waals surface area contributed by atoms with Gasteiger partial charge in [0.2, 0.25) is 0 Å². The Kier molecular flexibility index (Phi) is 5.26. The summed E-state index contributed by atoms with van der Waals surface area (Å²) in [6.07, 6.45) is 11.1. The summed E-state index contributed by atoms with van der Waals surface area (Å²) in [6, 6.07) is 12.9. The van der Waals surface area contributed by atoms with Crippen molar-refractivity contribution < 1.29 is 9.47 Å². The molecule has 0 bridgehead atoms. The summed E-state index contributed by atoms with van der Waals surface area (Å²) in [5.41, 5.74) is 9.38. The lowest BCUT2D eigenvalue weighted by Gasteiger charge is -2.24. The highest BCUT2D eigenvalue weighted by Gasteiger charge is 2.54. The smallest absolute Gasteiger partial charge is 0.163 e. The second kappa shape index (κ2) is 8.32. The van der Waals surface area contributed by atoms with Crippen molar-refractivity contribution in [2.45, 2.75) is 70.0 Å². The Bertz CT molecular complexity index is 1330. The van der Waals surface area contributed by atoms with Crippen LogP contribution in [0.2, 0.25) is 0 Å². The molecule has 176 valence electrons. The third-order valence-corrected chi connectivity index (χ3v) is 7.41. The molecule has 1 aliphatic carbocycles. The van der Waals surface area contributed by atoms with Gasteiger partial charge in [-0.1, -0.05) is 24.6 Å². The molecule has 0 unspecified atom stereocenters. The third kappa shape index (κ3) is 3.83. The summed E-state index contributed by atoms with van der Waals surface area (Å²) in [4.78, 5) is 13.2. The van der Waals surface area contributed by atoms with Crippen LogP contribution in [0.15, 0.2) is 55.1 Å². The Morgan fingerprint density at radius 3 is 2.85 bits per heavy atom. The standard InChI is InChI=1S/C27H31N5O2/c1-27(2)33-23-19(7-4-3-6-17-9-10-18-8-5-12-29-21(18)14-17)15-22(24(23)34-27)32-13-11-20-25(28)30-16-31-26(20)32/h5,8-14,16,19,22-24H,3-4,6-7,15H2,1-2H3,(H2,28,30,31)/t19-,22+,23+,24-/m0/s1. The number of unbranched alkanes of at least 4 members (excludes halogenated alkanes) is 1. The summed E-state index contributed by atoms with van der Waals surface area (Å²) in [7, 11) is 0. The minimum atomic E-state index is -0.568. The topological polar surface area (TPSA) is 88.1 Å². The average molecular weight is 458 g/mol. The highest BCUT2D eigenvalue weighted by Crippen LogP contribution is 2.49. The van der Waals surface area contributed by atoms with E-state index in [2.05, 4.69) is 50.0 Å². The molecule has 4 atom stereocenters. The molecule has 7 nitrogen and oxygen atoms in total. The van der Waals surface area contributed by atoms with Crippen molar-refractivity contribution in [1.29, 1.82) is 0 Å². The van der Waals surface area contributed by atoms with Gasteiger partial charge >= 0.3 is 0 Å². The van der Waals surface area contributed by atoms with Gasteiger partial charge in [0, 0.05) is 17.8 Å². The van der Waals surface area contributed by atoms with Gasteiger partial charge in [0.05, 0.1) is 23.0 Å². The number of anilines is 1. The number of nitrogen functional groups attached to an aromatic ring is 1. The van der Waals surface area contributed by atoms with Gasteiger partial charge in [-0.15, -0.1) is 0 Å². The van der Waals surface area contributed by atoms with Crippen LogP contribution in [-0.2, 0) is 15.9 Å². The zero-order chi connectivity index (χ0) is 23.3. The average Bonchev–Trinajstić information content (AvgIpc) is 3.48. The Morgan fingerprint density at radius 2 is 1.94 bits per heavy atom. The van der Waals surface area contributed by atoms with Crippen molar-refractivity contribution in [2.75, 3.05) is 5.73 Å². The van der Waals surface area contributed by atoms with Crippen molar-refractivity contribution in [2.24, 2.45) is 5.92 Å². The predicted octanol–water partition coefficient (Wildman–Crippen LogP) is 5.06. The van der Waals surface area contributed by atoms with Gasteiger partial charge in [0.25, 0.3) is 0 Å². The summed E-state index contributed by atoms with van der Waals surface area (Å²) in [5, 5.41) is 2.09. The highest BCUT2D eigenvalue weighted by molar-refractivity contribution is 5.86. The van der Waals surface area contributed by atoms with E-state index >= 15 is 0 Å². The second-order valence-corrected chi connectivity index (χ2v) is 10.1. The third-order valence-electron chi connectivity index (χ3n) is 7.41. The molecule has 2 aliphatic rings. The molecule has 3 aromatic heterocycles. The van der Waals surface area contributed by atoms with Crippen molar-refractivity contribution in [3.63, 3.8) is 0 Å². The van der Waals surface area contributed by atoms with Crippen LogP contribution >= 0.6 is 0 Å². The molecule has 7 heteroatoms. The SMILES string of the molecule is CC1(C)O[C@@H]2[C@@H](CCCCc3ccc4cccnc4c3)C[C@@H](n3ccc4c(N)ncnc43)[C@@H]2O1. The molecular weight excluding hydrogens is 426 g/mol. The quantitative estimate of drug-likeness (QED) is 0.407. The number of aromatic nitrogens is 4. The lowest BCUT2D eigenvalue weighted by Crippen LogP contribution is -2.27. The van der Waals surface area contributed by atoms with Crippen molar-refractivity contribution in [3.05, 3.63) is 60.7 Å². The van der Waals surface area contributed by atoms with E-state index in [9.17, 15) is 0 Å². The first-order valence-corrected chi connectivity index (χ1v) is 12.2. The number of benzene rings is 1. The molecule has 1 saturated heterocycles. The van der Waals surface area contributed by atoms with E-state index in [0.717, 1.165) is 48.7 Å². The molecule has 1 saturated carbocycles. The van der Waals surface area contributed by atoms with E-state index in [1.165, 1.54) is 17.3 Å². The van der Waals surface area contributed by atoms with Crippen molar-refractivity contribution in [1.82, 2.24) is 19.5 Å². The molecule has 0 spiro atoms. The molecule has 0 amide bonds. The van der Waals surface area contributed by atoms with Crippen LogP contribution in [0.5, 0.6) is 0 Å². The Labute approximate surface area is 199 Å². The molecule has 4 heterocycles. The summed E-state index contributed by atoms with van der Waals surface area (Å²) in [6.45, 7) is 4.03. The number of ether oxygens (including phenoxy) is 2. The lowest BCUT2D eigenvalue weighted by atomic mass is 9.96. The number of pyridine rings is 1. The van der Waals surface area contributed by atoms with Crippen LogP contribution in [0.1, 0.15) is 51.1 Å². The van der Waals surface area contributed by atoms with E-state index in [4.69, 9.17) is 15.2 Å². The first-order valence-electron chi connectivity index (χ1n) is 12.2. The second-order valence-electron chi connectivity index (χ2n) is 10.1. The maximum atomic E-state index is 6.41. The van der Waals surface area contributed by atoms with E-state index in [1.807, 2.05) is 32.2 Å². The van der Waals surface area contributed by atoms with Crippen LogP contribution in [0, 0.1) is 5.92 Å². The number of rotatable bonds is 6. The number of nitrogens with two attached hydrogens (primary N) is 1. The Hall–Kier alpha value is -3.03. The maximum absolute atomic E-state index is 6.41. The van der Waals surface area contributed by atoms with Crippen LogP contribution in [0.4, 0.5) is 5.82 Å². The fraction of sp³-hybridized carbons (Fsp3) is 0.444. The number of nitrogens with zero attached hydrogens (tertiary/aromatic N) is 4. The minimum Gasteiger partial charge on any atom is -0.383 e. The molecule has 1 aliphatic heterocycles. The van der Waals surface area contributed by atoms with Crippen LogP contribution in [0.3, 0.4) is 0 Å². The first-order chi connectivity index (χ1) is 16.5. The summed E-state index contributed by atoms with van der Waals surface area (Å²) >= 11 is 0. The molecule has 1 aromatic carbocycles. The number of hydrogen-bond donors (Lipinski definition) is 1. The van der Waals surface area contributed by atoms with E-state index in [0.29, 0.717) is 11.7 Å². The van der Waals surface area contributed by atoms with Gasteiger partial charge in [-0.2, -0.15) is 0 Å². The number of hydrogen-bond acceptors (Lipinski definition) is 6. The number of aryl methyl sites for hydroxylation is 1. The number of fused-ring (bicyclic) bond motifs is 3. The normalized spacial score (nSPS) is 25.8. The Morgan fingerprint density at radius 1 is 1.06 bits per heavy atom. The molecule has 4 aromatic rings. The zero-order valence-corrected chi connectivity index (χ0v) is 19.7. The molecule has 2 N–H and O–H groups in total. The van der Waals surface area contributed by atoms with Gasteiger partial charge in [-0.05, 0) is 69.2 Å². The largest absolute Gasteiger partial charge is 0.383 e. The van der Waals surface area contributed by atoms with Gasteiger partial charge in [-0.25, -0.2) is 9.97 Å². The van der Waals surface area contributed by atoms with Crippen molar-refractivity contribution >= 4 is 27.8 Å². The van der Waals surface area contributed by atoms with Gasteiger partial charge in [0.15, 0.2) is 5.79 Å². The van der Waals surface area contributed by atoms with Gasteiger partial charge < -0.3 is 19.8 Å². The van der Waals surface area contributed by atoms with Gasteiger partial charge in [0.1, 0.15) is 23.9 Å². The first kappa shape index (κ1) is 21.5. The van der Waals surface area contributed by atoms with E-state index < -0.39 is 5.79 Å². The zero-order valence-electron chi connectivity index (χ0n) is 19.7. The Balaban J connectivity index is 1.15. The molecular formula is C27H31N5O2. The van der Waals surface area contributed by atoms with Gasteiger partial charge in [-0.3, -0.25) is 4.98 Å². The summed E-state index contributed by atoms with van der Waals surface area (Å²) in [5.74, 6) is 0.399. The summed E-state index contributed by atoms with van der Waals surface area (Å²) < 4.78 is 15.0. The lowest BCUT2D eigenvalue weighted by molar-refractivity contribution is -0.160. The van der Waals surface area contributed by atoms with E-state index in [1.54, 1.807) is 0 Å². The predicted molar refractivity (Wildman–Crippen MR) is 132 cm³/mol. The van der Waals surface area contributed by atoms with Crippen LogP contribution in [0.25, 0.3) is 21.9 Å². The highest BCUT2D eigenvalue weighted by atomic mass is 16.8. The molecule has 6 rings (SSSR count). The minimum absolute atomic E-state index is 0.0124. The molecule has 2 fully saturated rings. The molecule has 0 radical (unpaired) electrons. The van der Waals surface area contributed by atoms with E-state index in [-0.39, 0.29) is 18.2 Å².